The van der Waals surface area contributed by atoms with Crippen LogP contribution < -0.4 is 14.4 Å². The normalized spacial score (nSPS) is 10.4. The number of ether oxygens (including phenoxy) is 3. The lowest BCUT2D eigenvalue weighted by atomic mass is 10.0. The number of nitrogens with zero attached hydrogens (tertiary/aromatic N) is 3. The van der Waals surface area contributed by atoms with Crippen LogP contribution in [0.25, 0.3) is 22.2 Å². The first-order valence-corrected chi connectivity index (χ1v) is 11.6. The van der Waals surface area contributed by atoms with E-state index in [4.69, 9.17) is 24.5 Å². The monoisotopic (exact) mass is 495 g/mol. The van der Waals surface area contributed by atoms with Gasteiger partial charge >= 0.3 is 5.97 Å². The fourth-order valence-electron chi connectivity index (χ4n) is 3.94. The number of para-hydroxylation sites is 2. The second-order valence-corrected chi connectivity index (χ2v) is 8.01. The van der Waals surface area contributed by atoms with E-state index in [1.165, 1.54) is 4.90 Å². The molecule has 0 aliphatic heterocycles. The number of carbonyl (C=O) groups is 2. The second kappa shape index (κ2) is 11.7. The summed E-state index contributed by atoms with van der Waals surface area (Å²) in [5, 5.41) is 9.60. The summed E-state index contributed by atoms with van der Waals surface area (Å²) in [5.74, 6) is 0.0304. The Hall–Kier alpha value is -4.90. The third-order valence-corrected chi connectivity index (χ3v) is 5.76. The molecule has 0 aliphatic rings. The van der Waals surface area contributed by atoms with Crippen LogP contribution in [0.5, 0.6) is 11.5 Å². The first-order chi connectivity index (χ1) is 18.0. The Bertz CT molecular complexity index is 1460. The summed E-state index contributed by atoms with van der Waals surface area (Å²) in [7, 11) is 3.10. The first-order valence-electron chi connectivity index (χ1n) is 11.6. The number of rotatable bonds is 9. The summed E-state index contributed by atoms with van der Waals surface area (Å²) >= 11 is 0. The number of esters is 1. The third-order valence-electron chi connectivity index (χ3n) is 5.76. The van der Waals surface area contributed by atoms with Crippen molar-refractivity contribution in [3.8, 4) is 28.8 Å². The molecule has 0 saturated heterocycles. The zero-order valence-corrected chi connectivity index (χ0v) is 20.5. The predicted octanol–water partition coefficient (Wildman–Crippen LogP) is 5.02. The second-order valence-electron chi connectivity index (χ2n) is 8.01. The molecular formula is C29H25N3O5. The molecule has 0 unspecified atom stereocenters. The molecule has 0 fully saturated rings. The largest absolute Gasteiger partial charge is 0.493 e. The van der Waals surface area contributed by atoms with Crippen molar-refractivity contribution >= 4 is 28.5 Å². The summed E-state index contributed by atoms with van der Waals surface area (Å²) in [4.78, 5) is 32.3. The molecule has 0 radical (unpaired) electrons. The van der Waals surface area contributed by atoms with Crippen molar-refractivity contribution in [2.45, 2.75) is 6.42 Å². The molecule has 0 atom stereocenters. The van der Waals surface area contributed by atoms with E-state index < -0.39 is 18.5 Å². The maximum absolute atomic E-state index is 13.2. The Morgan fingerprint density at radius 3 is 2.38 bits per heavy atom. The summed E-state index contributed by atoms with van der Waals surface area (Å²) in [6, 6.07) is 25.2. The number of benzene rings is 3. The maximum Gasteiger partial charge on any atom is 0.339 e. The highest BCUT2D eigenvalue weighted by molar-refractivity contribution is 6.05. The van der Waals surface area contributed by atoms with Crippen molar-refractivity contribution in [1.29, 1.82) is 5.26 Å². The smallest absolute Gasteiger partial charge is 0.339 e. The van der Waals surface area contributed by atoms with Gasteiger partial charge in [0.15, 0.2) is 18.1 Å². The minimum atomic E-state index is -0.651. The molecule has 1 amide bonds. The predicted molar refractivity (Wildman–Crippen MR) is 140 cm³/mol. The van der Waals surface area contributed by atoms with Gasteiger partial charge in [0.25, 0.3) is 5.91 Å². The van der Waals surface area contributed by atoms with Gasteiger partial charge in [-0.25, -0.2) is 9.78 Å². The van der Waals surface area contributed by atoms with Crippen LogP contribution in [-0.2, 0) is 9.53 Å². The van der Waals surface area contributed by atoms with Gasteiger partial charge in [-0.2, -0.15) is 5.26 Å². The van der Waals surface area contributed by atoms with E-state index in [1.54, 1.807) is 74.9 Å². The average molecular weight is 496 g/mol. The number of pyridine rings is 1. The van der Waals surface area contributed by atoms with Crippen molar-refractivity contribution in [3.05, 3.63) is 84.4 Å². The molecule has 186 valence electrons. The molecule has 4 aromatic rings. The van der Waals surface area contributed by atoms with E-state index in [-0.39, 0.29) is 18.5 Å². The number of anilines is 1. The number of hydrogen-bond acceptors (Lipinski definition) is 7. The van der Waals surface area contributed by atoms with Gasteiger partial charge in [0.05, 0.1) is 43.5 Å². The number of aromatic nitrogens is 1. The van der Waals surface area contributed by atoms with E-state index in [2.05, 4.69) is 0 Å². The van der Waals surface area contributed by atoms with Crippen LogP contribution in [-0.4, -0.2) is 44.2 Å². The van der Waals surface area contributed by atoms with Gasteiger partial charge in [-0.1, -0.05) is 36.4 Å². The Morgan fingerprint density at radius 2 is 1.65 bits per heavy atom. The van der Waals surface area contributed by atoms with Crippen molar-refractivity contribution in [2.75, 3.05) is 32.3 Å². The van der Waals surface area contributed by atoms with E-state index >= 15 is 0 Å². The Labute approximate surface area is 214 Å². The quantitative estimate of drug-likeness (QED) is 0.300. The highest BCUT2D eigenvalue weighted by atomic mass is 16.5. The van der Waals surface area contributed by atoms with Crippen molar-refractivity contribution in [2.24, 2.45) is 0 Å². The molecule has 37 heavy (non-hydrogen) atoms. The fraction of sp³-hybridized carbons (Fsp3) is 0.172. The van der Waals surface area contributed by atoms with Crippen LogP contribution in [0.15, 0.2) is 78.9 Å². The van der Waals surface area contributed by atoms with Gasteiger partial charge in [0.1, 0.15) is 0 Å². The fourth-order valence-corrected chi connectivity index (χ4v) is 3.94. The van der Waals surface area contributed by atoms with Crippen LogP contribution in [0.4, 0.5) is 5.69 Å². The third kappa shape index (κ3) is 5.68. The first kappa shape index (κ1) is 25.2. The van der Waals surface area contributed by atoms with Crippen LogP contribution in [0.1, 0.15) is 16.8 Å². The number of carbonyl (C=O) groups excluding carboxylic acids is 2. The summed E-state index contributed by atoms with van der Waals surface area (Å²) < 4.78 is 16.2. The summed E-state index contributed by atoms with van der Waals surface area (Å²) in [5.41, 5.74) is 2.78. The van der Waals surface area contributed by atoms with E-state index in [9.17, 15) is 9.59 Å². The number of fused-ring (bicyclic) bond motifs is 1. The van der Waals surface area contributed by atoms with Crippen molar-refractivity contribution in [1.82, 2.24) is 4.98 Å². The molecule has 0 N–H and O–H groups in total. The van der Waals surface area contributed by atoms with Crippen molar-refractivity contribution in [3.63, 3.8) is 0 Å². The number of hydrogen-bond donors (Lipinski definition) is 0. The summed E-state index contributed by atoms with van der Waals surface area (Å²) in [6.45, 7) is -0.278. The van der Waals surface area contributed by atoms with Gasteiger partial charge in [-0.05, 0) is 42.5 Å². The summed E-state index contributed by atoms with van der Waals surface area (Å²) in [6.07, 6.45) is 0.151. The molecule has 0 bridgehead atoms. The molecule has 8 nitrogen and oxygen atoms in total. The lowest BCUT2D eigenvalue weighted by molar-refractivity contribution is -0.121. The van der Waals surface area contributed by atoms with Crippen LogP contribution in [0.2, 0.25) is 0 Å². The van der Waals surface area contributed by atoms with Crippen LogP contribution >= 0.6 is 0 Å². The topological polar surface area (TPSA) is 102 Å². The van der Waals surface area contributed by atoms with Gasteiger partial charge in [0, 0.05) is 23.2 Å². The minimum Gasteiger partial charge on any atom is -0.493 e. The molecule has 1 aromatic heterocycles. The Kier molecular flexibility index (Phi) is 7.96. The molecule has 0 spiro atoms. The van der Waals surface area contributed by atoms with Crippen LogP contribution in [0.3, 0.4) is 0 Å². The Morgan fingerprint density at radius 1 is 0.919 bits per heavy atom. The molecule has 4 rings (SSSR count). The Balaban J connectivity index is 1.62. The molecule has 3 aromatic carbocycles. The van der Waals surface area contributed by atoms with E-state index in [0.29, 0.717) is 33.8 Å². The molecule has 0 saturated carbocycles. The van der Waals surface area contributed by atoms with Gasteiger partial charge in [0.2, 0.25) is 0 Å². The number of nitriles is 1. The lowest BCUT2D eigenvalue weighted by Crippen LogP contribution is -2.35. The standard InChI is InChI=1S/C29H25N3O5/c1-35-26-14-13-20(17-27(26)36-2)25-18-23(22-11-6-7-12-24(22)31-25)29(34)37-19-28(33)32(16-8-15-30)21-9-4-3-5-10-21/h3-7,9-14,17-18H,8,16,19H2,1-2H3. The highest BCUT2D eigenvalue weighted by Gasteiger charge is 2.20. The number of amides is 1. The van der Waals surface area contributed by atoms with Crippen LogP contribution in [0, 0.1) is 11.3 Å². The molecular weight excluding hydrogens is 470 g/mol. The molecule has 8 heteroatoms. The maximum atomic E-state index is 13.2. The van der Waals surface area contributed by atoms with Gasteiger partial charge in [-0.3, -0.25) is 4.79 Å². The molecule has 0 aliphatic carbocycles. The zero-order chi connectivity index (χ0) is 26.2. The zero-order valence-electron chi connectivity index (χ0n) is 20.5. The van der Waals surface area contributed by atoms with Gasteiger partial charge < -0.3 is 19.1 Å². The lowest BCUT2D eigenvalue weighted by Gasteiger charge is -2.21. The number of methoxy groups -OCH3 is 2. The van der Waals surface area contributed by atoms with E-state index in [1.807, 2.05) is 24.3 Å². The van der Waals surface area contributed by atoms with Gasteiger partial charge in [-0.15, -0.1) is 0 Å². The SMILES string of the molecule is COc1ccc(-c2cc(C(=O)OCC(=O)N(CCC#N)c3ccccc3)c3ccccc3n2)cc1OC. The van der Waals surface area contributed by atoms with Crippen molar-refractivity contribution < 1.29 is 23.8 Å². The van der Waals surface area contributed by atoms with E-state index in [0.717, 1.165) is 5.56 Å². The molecule has 1 heterocycles. The average Bonchev–Trinajstić information content (AvgIpc) is 2.95. The minimum absolute atomic E-state index is 0.151. The highest BCUT2D eigenvalue weighted by Crippen LogP contribution is 2.33.